The zero-order valence-electron chi connectivity index (χ0n) is 13.2. The third kappa shape index (κ3) is 4.36. The van der Waals surface area contributed by atoms with Crippen molar-refractivity contribution in [3.05, 3.63) is 71.4 Å². The molecule has 0 radical (unpaired) electrons. The van der Waals surface area contributed by atoms with E-state index in [0.29, 0.717) is 17.5 Å². The van der Waals surface area contributed by atoms with E-state index in [1.54, 1.807) is 13.3 Å². The first kappa shape index (κ1) is 16.1. The van der Waals surface area contributed by atoms with Crippen LogP contribution in [0.4, 0.5) is 17.5 Å². The Bertz CT molecular complexity index is 791. The van der Waals surface area contributed by atoms with Gasteiger partial charge in [-0.3, -0.25) is 0 Å². The standard InChI is InChI=1S/C18H17ClN4O/c1-24-16-8-2-13(3-9-16)12-21-17-10-11-20-18(23-17)22-15-6-4-14(19)5-7-15/h2-11H,12H2,1H3,(H2,20,21,22,23). The second-order valence-electron chi connectivity index (χ2n) is 5.10. The van der Waals surface area contributed by atoms with E-state index in [0.717, 1.165) is 22.8 Å². The molecule has 0 atom stereocenters. The van der Waals surface area contributed by atoms with Crippen LogP contribution in [0.25, 0.3) is 0 Å². The minimum Gasteiger partial charge on any atom is -0.497 e. The fourth-order valence-electron chi connectivity index (χ4n) is 2.12. The predicted octanol–water partition coefficient (Wildman–Crippen LogP) is 4.49. The van der Waals surface area contributed by atoms with Gasteiger partial charge in [0.25, 0.3) is 0 Å². The van der Waals surface area contributed by atoms with Gasteiger partial charge in [-0.05, 0) is 48.0 Å². The van der Waals surface area contributed by atoms with Crippen molar-refractivity contribution in [2.45, 2.75) is 6.54 Å². The van der Waals surface area contributed by atoms with Gasteiger partial charge in [-0.2, -0.15) is 4.98 Å². The van der Waals surface area contributed by atoms with Gasteiger partial charge < -0.3 is 15.4 Å². The molecule has 0 saturated carbocycles. The topological polar surface area (TPSA) is 59.1 Å². The van der Waals surface area contributed by atoms with E-state index < -0.39 is 0 Å². The smallest absolute Gasteiger partial charge is 0.229 e. The maximum Gasteiger partial charge on any atom is 0.229 e. The highest BCUT2D eigenvalue weighted by Gasteiger charge is 2.01. The van der Waals surface area contributed by atoms with Crippen molar-refractivity contribution in [1.29, 1.82) is 0 Å². The Morgan fingerprint density at radius 1 is 1.00 bits per heavy atom. The van der Waals surface area contributed by atoms with E-state index in [2.05, 4.69) is 20.6 Å². The molecule has 0 spiro atoms. The number of hydrogen-bond donors (Lipinski definition) is 2. The summed E-state index contributed by atoms with van der Waals surface area (Å²) in [5.74, 6) is 2.12. The van der Waals surface area contributed by atoms with Crippen molar-refractivity contribution in [2.75, 3.05) is 17.7 Å². The number of nitrogens with one attached hydrogen (secondary N) is 2. The van der Waals surface area contributed by atoms with Gasteiger partial charge in [-0.25, -0.2) is 4.98 Å². The largest absolute Gasteiger partial charge is 0.497 e. The molecule has 0 unspecified atom stereocenters. The molecule has 3 aromatic rings. The molecule has 0 bridgehead atoms. The van der Waals surface area contributed by atoms with E-state index in [4.69, 9.17) is 16.3 Å². The molecule has 24 heavy (non-hydrogen) atoms. The Hall–Kier alpha value is -2.79. The normalized spacial score (nSPS) is 10.2. The van der Waals surface area contributed by atoms with Crippen molar-refractivity contribution in [3.63, 3.8) is 0 Å². The number of halogens is 1. The first-order valence-corrected chi connectivity index (χ1v) is 7.83. The van der Waals surface area contributed by atoms with Gasteiger partial charge in [-0.15, -0.1) is 0 Å². The molecule has 0 aliphatic carbocycles. The second-order valence-corrected chi connectivity index (χ2v) is 5.54. The number of ether oxygens (including phenoxy) is 1. The summed E-state index contributed by atoms with van der Waals surface area (Å²) in [6.07, 6.45) is 1.71. The number of hydrogen-bond acceptors (Lipinski definition) is 5. The lowest BCUT2D eigenvalue weighted by Gasteiger charge is -2.09. The maximum absolute atomic E-state index is 5.88. The third-order valence-corrected chi connectivity index (χ3v) is 3.64. The highest BCUT2D eigenvalue weighted by molar-refractivity contribution is 6.30. The quantitative estimate of drug-likeness (QED) is 0.692. The van der Waals surface area contributed by atoms with Crippen LogP contribution in [0, 0.1) is 0 Å². The molecule has 2 N–H and O–H groups in total. The number of benzene rings is 2. The Morgan fingerprint density at radius 3 is 2.46 bits per heavy atom. The van der Waals surface area contributed by atoms with Crippen molar-refractivity contribution in [2.24, 2.45) is 0 Å². The number of aromatic nitrogens is 2. The third-order valence-electron chi connectivity index (χ3n) is 3.39. The summed E-state index contributed by atoms with van der Waals surface area (Å²) < 4.78 is 5.15. The number of rotatable bonds is 6. The monoisotopic (exact) mass is 340 g/mol. The molecule has 2 aromatic carbocycles. The lowest BCUT2D eigenvalue weighted by atomic mass is 10.2. The molecule has 0 aliphatic rings. The van der Waals surface area contributed by atoms with Crippen LogP contribution in [-0.4, -0.2) is 17.1 Å². The van der Waals surface area contributed by atoms with Gasteiger partial charge in [0.1, 0.15) is 11.6 Å². The van der Waals surface area contributed by atoms with E-state index >= 15 is 0 Å². The van der Waals surface area contributed by atoms with Crippen LogP contribution < -0.4 is 15.4 Å². The molecule has 0 aliphatic heterocycles. The van der Waals surface area contributed by atoms with E-state index in [1.807, 2.05) is 54.6 Å². The summed E-state index contributed by atoms with van der Waals surface area (Å²) in [5.41, 5.74) is 2.02. The van der Waals surface area contributed by atoms with Crippen molar-refractivity contribution in [3.8, 4) is 5.75 Å². The van der Waals surface area contributed by atoms with Crippen LogP contribution in [-0.2, 0) is 6.54 Å². The molecule has 1 aromatic heterocycles. The Kier molecular flexibility index (Phi) is 5.13. The lowest BCUT2D eigenvalue weighted by Crippen LogP contribution is -2.04. The van der Waals surface area contributed by atoms with Gasteiger partial charge in [-0.1, -0.05) is 23.7 Å². The van der Waals surface area contributed by atoms with Crippen LogP contribution in [0.3, 0.4) is 0 Å². The maximum atomic E-state index is 5.88. The van der Waals surface area contributed by atoms with Crippen LogP contribution in [0.2, 0.25) is 5.02 Å². The Balaban J connectivity index is 1.63. The molecular weight excluding hydrogens is 324 g/mol. The van der Waals surface area contributed by atoms with Crippen molar-refractivity contribution < 1.29 is 4.74 Å². The number of anilines is 3. The molecule has 5 nitrogen and oxygen atoms in total. The molecule has 122 valence electrons. The minimum atomic E-state index is 0.525. The van der Waals surface area contributed by atoms with Gasteiger partial charge in [0, 0.05) is 23.5 Å². The van der Waals surface area contributed by atoms with Crippen LogP contribution in [0.15, 0.2) is 60.8 Å². The summed E-state index contributed by atoms with van der Waals surface area (Å²) in [4.78, 5) is 8.67. The van der Waals surface area contributed by atoms with Crippen LogP contribution >= 0.6 is 11.6 Å². The average molecular weight is 341 g/mol. The van der Waals surface area contributed by atoms with Crippen LogP contribution in [0.5, 0.6) is 5.75 Å². The van der Waals surface area contributed by atoms with E-state index in [-0.39, 0.29) is 0 Å². The summed E-state index contributed by atoms with van der Waals surface area (Å²) in [7, 11) is 1.66. The summed E-state index contributed by atoms with van der Waals surface area (Å²) in [5, 5.41) is 7.12. The highest BCUT2D eigenvalue weighted by atomic mass is 35.5. The van der Waals surface area contributed by atoms with Gasteiger partial charge in [0.2, 0.25) is 5.95 Å². The second kappa shape index (κ2) is 7.66. The predicted molar refractivity (Wildman–Crippen MR) is 97.1 cm³/mol. The van der Waals surface area contributed by atoms with Crippen LogP contribution in [0.1, 0.15) is 5.56 Å². The molecule has 1 heterocycles. The average Bonchev–Trinajstić information content (AvgIpc) is 2.63. The van der Waals surface area contributed by atoms with E-state index in [1.165, 1.54) is 0 Å². The first-order chi connectivity index (χ1) is 11.7. The number of methoxy groups -OCH3 is 1. The van der Waals surface area contributed by atoms with Crippen molar-refractivity contribution in [1.82, 2.24) is 9.97 Å². The first-order valence-electron chi connectivity index (χ1n) is 7.45. The molecule has 6 heteroatoms. The van der Waals surface area contributed by atoms with Gasteiger partial charge >= 0.3 is 0 Å². The highest BCUT2D eigenvalue weighted by Crippen LogP contribution is 2.18. The molecule has 3 rings (SSSR count). The summed E-state index contributed by atoms with van der Waals surface area (Å²) >= 11 is 5.88. The van der Waals surface area contributed by atoms with Gasteiger partial charge in [0.05, 0.1) is 7.11 Å². The minimum absolute atomic E-state index is 0.525. The fraction of sp³-hybridized carbons (Fsp3) is 0.111. The SMILES string of the molecule is COc1ccc(CNc2ccnc(Nc3ccc(Cl)cc3)n2)cc1. The number of nitrogens with zero attached hydrogens (tertiary/aromatic N) is 2. The zero-order chi connectivity index (χ0) is 16.8. The molecular formula is C18H17ClN4O. The van der Waals surface area contributed by atoms with E-state index in [9.17, 15) is 0 Å². The zero-order valence-corrected chi connectivity index (χ0v) is 13.9. The Morgan fingerprint density at radius 2 is 1.75 bits per heavy atom. The molecule has 0 saturated heterocycles. The summed E-state index contributed by atoms with van der Waals surface area (Å²) in [6.45, 7) is 0.668. The van der Waals surface area contributed by atoms with Gasteiger partial charge in [0.15, 0.2) is 0 Å². The fourth-order valence-corrected chi connectivity index (χ4v) is 2.24. The molecule has 0 fully saturated rings. The molecule has 0 amide bonds. The summed E-state index contributed by atoms with van der Waals surface area (Å²) in [6, 6.07) is 17.1. The van der Waals surface area contributed by atoms with Crippen molar-refractivity contribution >= 4 is 29.1 Å². The lowest BCUT2D eigenvalue weighted by molar-refractivity contribution is 0.414. The Labute approximate surface area is 145 Å².